The third-order valence-electron chi connectivity index (χ3n) is 6.20. The lowest BCUT2D eigenvalue weighted by Crippen LogP contribution is -2.36. The molecule has 2 aromatic carbocycles. The normalized spacial score (nSPS) is 12.4. The van der Waals surface area contributed by atoms with Gasteiger partial charge in [-0.15, -0.1) is 11.3 Å². The topological polar surface area (TPSA) is 117 Å². The summed E-state index contributed by atoms with van der Waals surface area (Å²) in [5, 5.41) is 11.2. The van der Waals surface area contributed by atoms with Crippen LogP contribution in [0.3, 0.4) is 0 Å². The lowest BCUT2D eigenvalue weighted by Gasteiger charge is -2.25. The van der Waals surface area contributed by atoms with Crippen LogP contribution >= 0.6 is 11.3 Å². The van der Waals surface area contributed by atoms with Crippen LogP contribution in [0, 0.1) is 12.7 Å². The first-order valence-corrected chi connectivity index (χ1v) is 15.2. The first kappa shape index (κ1) is 32.3. The van der Waals surface area contributed by atoms with Gasteiger partial charge in [0, 0.05) is 37.1 Å². The van der Waals surface area contributed by atoms with E-state index >= 15 is 0 Å². The molecule has 9 nitrogen and oxygen atoms in total. The summed E-state index contributed by atoms with van der Waals surface area (Å²) >= 11 is 1.14. The van der Waals surface area contributed by atoms with Gasteiger partial charge in [0.2, 0.25) is 10.0 Å². The van der Waals surface area contributed by atoms with E-state index in [9.17, 15) is 31.9 Å². The number of ether oxygens (including phenoxy) is 1. The minimum atomic E-state index is -3.79. The first-order chi connectivity index (χ1) is 19.4. The average molecular weight is 610 g/mol. The molecule has 1 amide bonds. The zero-order valence-electron chi connectivity index (χ0n) is 23.0. The number of hydrogen-bond donors (Lipinski definition) is 1. The molecule has 13 heteroatoms. The van der Waals surface area contributed by atoms with Crippen molar-refractivity contribution in [1.29, 1.82) is 0 Å². The molecule has 1 N–H and O–H groups in total. The van der Waals surface area contributed by atoms with E-state index in [1.54, 1.807) is 6.92 Å². The van der Waals surface area contributed by atoms with Crippen LogP contribution in [0.25, 0.3) is 0 Å². The smallest absolute Gasteiger partial charge is 0.256 e. The molecule has 1 atom stereocenters. The molecule has 3 aromatic rings. The zero-order valence-corrected chi connectivity index (χ0v) is 24.7. The number of aryl methyl sites for hydroxylation is 2. The predicted molar refractivity (Wildman–Crippen MR) is 152 cm³/mol. The number of carbonyl (C=O) groups excluding carboxylic acids is 2. The van der Waals surface area contributed by atoms with Gasteiger partial charge < -0.3 is 14.7 Å². The van der Waals surface area contributed by atoms with Gasteiger partial charge in [-0.25, -0.2) is 26.5 Å². The number of aromatic nitrogens is 1. The van der Waals surface area contributed by atoms with Crippen LogP contribution in [0.5, 0.6) is 5.75 Å². The van der Waals surface area contributed by atoms with Crippen molar-refractivity contribution >= 4 is 33.1 Å². The Bertz CT molecular complexity index is 1450. The van der Waals surface area contributed by atoms with Crippen LogP contribution in [0.2, 0.25) is 0 Å². The Morgan fingerprint density at radius 2 is 1.85 bits per heavy atom. The molecule has 0 aliphatic heterocycles. The molecule has 1 unspecified atom stereocenters. The number of sulfonamides is 1. The largest absolute Gasteiger partial charge is 0.491 e. The monoisotopic (exact) mass is 609 g/mol. The van der Waals surface area contributed by atoms with Crippen LogP contribution in [0.1, 0.15) is 44.0 Å². The fourth-order valence-electron chi connectivity index (χ4n) is 3.97. The molecule has 0 aliphatic rings. The maximum atomic E-state index is 14.8. The third kappa shape index (κ3) is 8.86. The van der Waals surface area contributed by atoms with Crippen molar-refractivity contribution < 1.29 is 36.6 Å². The minimum absolute atomic E-state index is 0.00238. The summed E-state index contributed by atoms with van der Waals surface area (Å²) in [6.45, 7) is 0.741. The van der Waals surface area contributed by atoms with Gasteiger partial charge in [-0.1, -0.05) is 30.3 Å². The second-order valence-corrected chi connectivity index (χ2v) is 12.9. The van der Waals surface area contributed by atoms with Gasteiger partial charge in [0.05, 0.1) is 6.54 Å². The SMILES string of the molecule is Cc1sc(CN(CCCc2ccccc2)C(=O)C(O)c2ccc(OCCF)cc2F)nc1C(=O)CS(=O)(=O)N(C)C. The molecule has 0 spiro atoms. The van der Waals surface area contributed by atoms with Gasteiger partial charge in [-0.05, 0) is 37.5 Å². The minimum Gasteiger partial charge on any atom is -0.491 e. The number of amides is 1. The number of carbonyl (C=O) groups is 2. The van der Waals surface area contributed by atoms with E-state index < -0.39 is 46.1 Å². The Morgan fingerprint density at radius 3 is 2.49 bits per heavy atom. The van der Waals surface area contributed by atoms with Crippen LogP contribution in [0.4, 0.5) is 8.78 Å². The highest BCUT2D eigenvalue weighted by Crippen LogP contribution is 2.26. The van der Waals surface area contributed by atoms with Crippen molar-refractivity contribution in [3.05, 3.63) is 81.1 Å². The van der Waals surface area contributed by atoms with Crippen LogP contribution < -0.4 is 4.74 Å². The second kappa shape index (κ2) is 14.6. The highest BCUT2D eigenvalue weighted by molar-refractivity contribution is 7.89. The van der Waals surface area contributed by atoms with E-state index in [1.165, 1.54) is 31.1 Å². The quantitative estimate of drug-likeness (QED) is 0.261. The van der Waals surface area contributed by atoms with E-state index in [4.69, 9.17) is 4.74 Å². The number of hydrogen-bond acceptors (Lipinski definition) is 8. The van der Waals surface area contributed by atoms with Crippen molar-refractivity contribution in [1.82, 2.24) is 14.2 Å². The van der Waals surface area contributed by atoms with E-state index in [0.29, 0.717) is 22.7 Å². The molecule has 3 rings (SSSR count). The highest BCUT2D eigenvalue weighted by atomic mass is 32.2. The molecule has 0 aliphatic carbocycles. The number of aliphatic hydroxyl groups is 1. The Labute approximate surface area is 242 Å². The van der Waals surface area contributed by atoms with E-state index in [-0.39, 0.29) is 36.7 Å². The molecule has 0 fully saturated rings. The summed E-state index contributed by atoms with van der Waals surface area (Å²) in [4.78, 5) is 32.3. The number of Topliss-reactive ketones (excluding diaryl/α,β-unsaturated/α-hetero) is 1. The van der Waals surface area contributed by atoms with Crippen molar-refractivity contribution in [3.8, 4) is 5.75 Å². The summed E-state index contributed by atoms with van der Waals surface area (Å²) in [5.74, 6) is -3.00. The molecule has 1 heterocycles. The number of halogens is 2. The van der Waals surface area contributed by atoms with Gasteiger partial charge in [0.1, 0.15) is 41.3 Å². The molecule has 41 heavy (non-hydrogen) atoms. The Balaban J connectivity index is 1.82. The van der Waals surface area contributed by atoms with E-state index in [2.05, 4.69) is 4.98 Å². The van der Waals surface area contributed by atoms with Crippen molar-refractivity contribution in [2.75, 3.05) is 39.7 Å². The van der Waals surface area contributed by atoms with Crippen LogP contribution in [0.15, 0.2) is 48.5 Å². The average Bonchev–Trinajstić information content (AvgIpc) is 3.30. The van der Waals surface area contributed by atoms with Crippen molar-refractivity contribution in [2.45, 2.75) is 32.4 Å². The fraction of sp³-hybridized carbons (Fsp3) is 0.393. The number of aliphatic hydroxyl groups excluding tert-OH is 1. The number of benzene rings is 2. The Kier molecular flexibility index (Phi) is 11.5. The fourth-order valence-corrected chi connectivity index (χ4v) is 5.66. The lowest BCUT2D eigenvalue weighted by atomic mass is 10.1. The molecule has 222 valence electrons. The van der Waals surface area contributed by atoms with Gasteiger partial charge in [-0.3, -0.25) is 9.59 Å². The number of alkyl halides is 1. The number of ketones is 1. The number of rotatable bonds is 15. The van der Waals surface area contributed by atoms with E-state index in [1.807, 2.05) is 30.3 Å². The predicted octanol–water partition coefficient (Wildman–Crippen LogP) is 3.71. The Hall–Kier alpha value is -3.26. The summed E-state index contributed by atoms with van der Waals surface area (Å²) in [6, 6.07) is 13.1. The number of thiazole rings is 1. The van der Waals surface area contributed by atoms with Crippen molar-refractivity contribution in [3.63, 3.8) is 0 Å². The standard InChI is InChI=1S/C28H33F2N3O6S2/c1-19-26(24(34)18-41(37,38)32(2)3)31-25(40-19)17-33(14-7-10-20-8-5-4-6-9-20)28(36)27(35)22-12-11-21(16-23(22)30)39-15-13-29/h4-6,8-9,11-12,16,27,35H,7,10,13-15,17-18H2,1-3H3. The summed E-state index contributed by atoms with van der Waals surface area (Å²) in [6.07, 6.45) is -0.675. The Morgan fingerprint density at radius 1 is 1.15 bits per heavy atom. The van der Waals surface area contributed by atoms with Crippen molar-refractivity contribution in [2.24, 2.45) is 0 Å². The first-order valence-electron chi connectivity index (χ1n) is 12.8. The number of nitrogens with zero attached hydrogens (tertiary/aromatic N) is 3. The van der Waals surface area contributed by atoms with Gasteiger partial charge >= 0.3 is 0 Å². The molecule has 0 bridgehead atoms. The second-order valence-electron chi connectivity index (χ2n) is 9.45. The molecule has 0 saturated carbocycles. The molecule has 0 radical (unpaired) electrons. The molecular formula is C28H33F2N3O6S2. The third-order valence-corrected chi connectivity index (χ3v) is 8.89. The van der Waals surface area contributed by atoms with Crippen LogP contribution in [-0.4, -0.2) is 79.1 Å². The van der Waals surface area contributed by atoms with Gasteiger partial charge in [-0.2, -0.15) is 0 Å². The lowest BCUT2D eigenvalue weighted by molar-refractivity contribution is -0.141. The zero-order chi connectivity index (χ0) is 30.2. The maximum Gasteiger partial charge on any atom is 0.256 e. The maximum absolute atomic E-state index is 14.8. The summed E-state index contributed by atoms with van der Waals surface area (Å²) < 4.78 is 57.6. The van der Waals surface area contributed by atoms with Gasteiger partial charge in [0.25, 0.3) is 5.91 Å². The van der Waals surface area contributed by atoms with Crippen LogP contribution in [-0.2, 0) is 27.8 Å². The molecule has 0 saturated heterocycles. The summed E-state index contributed by atoms with van der Waals surface area (Å²) in [5.41, 5.74) is 0.786. The summed E-state index contributed by atoms with van der Waals surface area (Å²) in [7, 11) is -1.13. The van der Waals surface area contributed by atoms with Gasteiger partial charge in [0.15, 0.2) is 11.9 Å². The molecular weight excluding hydrogens is 576 g/mol. The highest BCUT2D eigenvalue weighted by Gasteiger charge is 2.29. The van der Waals surface area contributed by atoms with E-state index in [0.717, 1.165) is 27.3 Å². The molecule has 1 aromatic heterocycles.